The summed E-state index contributed by atoms with van der Waals surface area (Å²) in [4.78, 5) is 0. The summed E-state index contributed by atoms with van der Waals surface area (Å²) in [6.45, 7) is 7.00. The van der Waals surface area contributed by atoms with Crippen molar-refractivity contribution < 1.29 is 0 Å². The van der Waals surface area contributed by atoms with Gasteiger partial charge in [-0.25, -0.2) is 0 Å². The van der Waals surface area contributed by atoms with Crippen LogP contribution in [0.5, 0.6) is 0 Å². The molecule has 0 atom stereocenters. The van der Waals surface area contributed by atoms with Crippen molar-refractivity contribution in [3.8, 4) is 0 Å². The predicted molar refractivity (Wildman–Crippen MR) is 42.2 cm³/mol. The largest absolute Gasteiger partial charge is 0.0850 e. The van der Waals surface area contributed by atoms with Crippen LogP contribution in [0.1, 0.15) is 0 Å². The molecule has 0 unspecified atom stereocenters. The van der Waals surface area contributed by atoms with Crippen LogP contribution in [0.3, 0.4) is 0 Å². The molecule has 0 saturated heterocycles. The van der Waals surface area contributed by atoms with Crippen molar-refractivity contribution in [2.24, 2.45) is 0 Å². The first-order valence-electron chi connectivity index (χ1n) is 2.00. The summed E-state index contributed by atoms with van der Waals surface area (Å²) in [5.41, 5.74) is 0. The van der Waals surface area contributed by atoms with Crippen molar-refractivity contribution in [3.05, 3.63) is 34.8 Å². The van der Waals surface area contributed by atoms with E-state index < -0.39 is 0 Å². The molecule has 8 heavy (non-hydrogen) atoms. The number of hydrogen-bond donors (Lipinski definition) is 0. The molecular weight excluding hydrogens is 187 g/mol. The Morgan fingerprint density at radius 2 is 1.88 bits per heavy atom. The van der Waals surface area contributed by atoms with Gasteiger partial charge in [-0.15, -0.1) is 0 Å². The van der Waals surface area contributed by atoms with Crippen LogP contribution in [0.2, 0.25) is 0 Å². The fourth-order valence-corrected chi connectivity index (χ4v) is 0.376. The van der Waals surface area contributed by atoms with Crippen LogP contribution in [0, 0.1) is 0 Å². The highest BCUT2D eigenvalue weighted by Crippen LogP contribution is 2.05. The van der Waals surface area contributed by atoms with E-state index >= 15 is 0 Å². The quantitative estimate of drug-likeness (QED) is 0.591. The molecular formula is C6H6BrCl. The van der Waals surface area contributed by atoms with Gasteiger partial charge in [-0.2, -0.15) is 0 Å². The van der Waals surface area contributed by atoms with Crippen LogP contribution in [0.25, 0.3) is 0 Å². The van der Waals surface area contributed by atoms with E-state index in [1.165, 1.54) is 0 Å². The molecule has 0 fully saturated rings. The molecule has 0 amide bonds. The molecule has 2 heteroatoms. The minimum atomic E-state index is 0.505. The molecule has 0 aliphatic carbocycles. The van der Waals surface area contributed by atoms with Gasteiger partial charge in [-0.05, 0) is 12.2 Å². The third-order valence-electron chi connectivity index (χ3n) is 0.445. The van der Waals surface area contributed by atoms with Crippen molar-refractivity contribution in [2.45, 2.75) is 0 Å². The Morgan fingerprint density at radius 1 is 1.38 bits per heavy atom. The van der Waals surface area contributed by atoms with Gasteiger partial charge >= 0.3 is 0 Å². The average molecular weight is 193 g/mol. The van der Waals surface area contributed by atoms with E-state index in [-0.39, 0.29) is 0 Å². The lowest BCUT2D eigenvalue weighted by molar-refractivity contribution is 1.90. The first-order valence-corrected chi connectivity index (χ1v) is 3.17. The number of allylic oxidation sites excluding steroid dienone is 4. The summed E-state index contributed by atoms with van der Waals surface area (Å²) in [5.74, 6) is 0. The van der Waals surface area contributed by atoms with Gasteiger partial charge in [0, 0.05) is 9.51 Å². The summed E-state index contributed by atoms with van der Waals surface area (Å²) in [7, 11) is 0. The predicted octanol–water partition coefficient (Wildman–Crippen LogP) is 3.20. The SMILES string of the molecule is C=C(Cl)/C=C\C(=C)Br. The standard InChI is InChI=1S/C6H6BrCl/c1-5(7)3-4-6(2)8/h3-4H,1-2H2/b4-3-. The summed E-state index contributed by atoms with van der Waals surface area (Å²) in [5, 5.41) is 0.505. The normalized spacial score (nSPS) is 9.75. The van der Waals surface area contributed by atoms with Crippen LogP contribution >= 0.6 is 27.5 Å². The molecule has 0 nitrogen and oxygen atoms in total. The van der Waals surface area contributed by atoms with Gasteiger partial charge < -0.3 is 0 Å². The second kappa shape index (κ2) is 3.93. The first kappa shape index (κ1) is 7.99. The lowest BCUT2D eigenvalue weighted by Crippen LogP contribution is -1.56. The Bertz CT molecular complexity index is 119. The summed E-state index contributed by atoms with van der Waals surface area (Å²) < 4.78 is 0.791. The van der Waals surface area contributed by atoms with Crippen molar-refractivity contribution >= 4 is 27.5 Å². The van der Waals surface area contributed by atoms with Crippen LogP contribution in [-0.2, 0) is 0 Å². The molecule has 0 saturated carbocycles. The van der Waals surface area contributed by atoms with Gasteiger partial charge in [0.15, 0.2) is 0 Å². The van der Waals surface area contributed by atoms with E-state index in [9.17, 15) is 0 Å². The zero-order valence-corrected chi connectivity index (χ0v) is 6.67. The second-order valence-corrected chi connectivity index (χ2v) is 2.73. The van der Waals surface area contributed by atoms with Crippen molar-refractivity contribution in [1.29, 1.82) is 0 Å². The first-order chi connectivity index (χ1) is 3.63. The minimum absolute atomic E-state index is 0.505. The monoisotopic (exact) mass is 192 g/mol. The lowest BCUT2D eigenvalue weighted by atomic mass is 10.5. The Labute approximate surface area is 62.7 Å². The van der Waals surface area contributed by atoms with Gasteiger partial charge in [0.05, 0.1) is 0 Å². The van der Waals surface area contributed by atoms with E-state index in [1.54, 1.807) is 12.2 Å². The molecule has 0 bridgehead atoms. The molecule has 0 aliphatic rings. The maximum absolute atomic E-state index is 5.38. The zero-order chi connectivity index (χ0) is 6.57. The van der Waals surface area contributed by atoms with E-state index in [0.717, 1.165) is 4.48 Å². The second-order valence-electron chi connectivity index (χ2n) is 1.23. The molecule has 0 N–H and O–H groups in total. The fraction of sp³-hybridized carbons (Fsp3) is 0. The molecule has 44 valence electrons. The highest BCUT2D eigenvalue weighted by atomic mass is 79.9. The minimum Gasteiger partial charge on any atom is -0.0850 e. The topological polar surface area (TPSA) is 0 Å². The number of halogens is 2. The summed E-state index contributed by atoms with van der Waals surface area (Å²) in [6, 6.07) is 0. The summed E-state index contributed by atoms with van der Waals surface area (Å²) in [6.07, 6.45) is 3.40. The van der Waals surface area contributed by atoms with E-state index in [1.807, 2.05) is 0 Å². The maximum Gasteiger partial charge on any atom is 0.0334 e. The van der Waals surface area contributed by atoms with Gasteiger partial charge in [-0.1, -0.05) is 40.7 Å². The Balaban J connectivity index is 3.67. The van der Waals surface area contributed by atoms with Gasteiger partial charge in [0.1, 0.15) is 0 Å². The highest BCUT2D eigenvalue weighted by molar-refractivity contribution is 9.11. The Hall–Kier alpha value is -0.0100. The van der Waals surface area contributed by atoms with Crippen LogP contribution in [0.15, 0.2) is 34.8 Å². The number of rotatable bonds is 2. The molecule has 0 rings (SSSR count). The molecule has 0 heterocycles. The highest BCUT2D eigenvalue weighted by Gasteiger charge is 1.76. The molecule has 0 radical (unpaired) electrons. The third-order valence-corrected chi connectivity index (χ3v) is 0.835. The van der Waals surface area contributed by atoms with Crippen LogP contribution in [-0.4, -0.2) is 0 Å². The lowest BCUT2D eigenvalue weighted by Gasteiger charge is -1.80. The average Bonchev–Trinajstić information content (AvgIpc) is 1.61. The van der Waals surface area contributed by atoms with E-state index in [4.69, 9.17) is 11.6 Å². The van der Waals surface area contributed by atoms with Crippen molar-refractivity contribution in [3.63, 3.8) is 0 Å². The maximum atomic E-state index is 5.38. The number of hydrogen-bond acceptors (Lipinski definition) is 0. The van der Waals surface area contributed by atoms with Gasteiger partial charge in [0.25, 0.3) is 0 Å². The van der Waals surface area contributed by atoms with Crippen molar-refractivity contribution in [1.82, 2.24) is 0 Å². The van der Waals surface area contributed by atoms with E-state index in [2.05, 4.69) is 29.1 Å². The third kappa shape index (κ3) is 5.99. The van der Waals surface area contributed by atoms with Crippen molar-refractivity contribution in [2.75, 3.05) is 0 Å². The molecule has 0 aliphatic heterocycles. The van der Waals surface area contributed by atoms with Crippen LogP contribution < -0.4 is 0 Å². The molecule has 0 spiro atoms. The molecule has 0 aromatic heterocycles. The van der Waals surface area contributed by atoms with Gasteiger partial charge in [0.2, 0.25) is 0 Å². The Morgan fingerprint density at radius 3 is 2.00 bits per heavy atom. The fourth-order valence-electron chi connectivity index (χ4n) is 0.181. The zero-order valence-electron chi connectivity index (χ0n) is 4.32. The van der Waals surface area contributed by atoms with Crippen LogP contribution in [0.4, 0.5) is 0 Å². The molecule has 0 aromatic carbocycles. The molecule has 0 aromatic rings. The Kier molecular flexibility index (Phi) is 3.92. The van der Waals surface area contributed by atoms with E-state index in [0.29, 0.717) is 5.03 Å². The summed E-state index contributed by atoms with van der Waals surface area (Å²) >= 11 is 8.50. The van der Waals surface area contributed by atoms with Gasteiger partial charge in [-0.3, -0.25) is 0 Å². The smallest absolute Gasteiger partial charge is 0.0334 e.